The second-order valence-corrected chi connectivity index (χ2v) is 8.92. The standard InChI is InChI=1S/C22H28Cl2N6O2/c1-14(16-6-5-15(23)12-17(16)24)27-20-19(32-2)13-26-22(28-20)30-10-8-29(9-11-30)21(31)18-4-3-7-25-18/h5-6,12-14,18,25H,3-4,7-11H2,1-2H3,(H,26,27,28)/t14-,18-/m1/s1. The molecule has 2 fully saturated rings. The predicted octanol–water partition coefficient (Wildman–Crippen LogP) is 3.37. The summed E-state index contributed by atoms with van der Waals surface area (Å²) in [7, 11) is 1.59. The number of piperazine rings is 1. The summed E-state index contributed by atoms with van der Waals surface area (Å²) >= 11 is 12.4. The lowest BCUT2D eigenvalue weighted by Gasteiger charge is -2.36. The molecule has 8 nitrogen and oxygen atoms in total. The largest absolute Gasteiger partial charge is 0.491 e. The van der Waals surface area contributed by atoms with Crippen molar-refractivity contribution in [2.45, 2.75) is 31.8 Å². The summed E-state index contributed by atoms with van der Waals surface area (Å²) in [5.41, 5.74) is 0.908. The number of amides is 1. The van der Waals surface area contributed by atoms with Crippen LogP contribution in [0.5, 0.6) is 5.75 Å². The number of aromatic nitrogens is 2. The maximum Gasteiger partial charge on any atom is 0.239 e. The summed E-state index contributed by atoms with van der Waals surface area (Å²) < 4.78 is 5.46. The molecule has 3 heterocycles. The number of nitrogens with zero attached hydrogens (tertiary/aromatic N) is 4. The molecular weight excluding hydrogens is 451 g/mol. The fourth-order valence-corrected chi connectivity index (χ4v) is 4.72. The third kappa shape index (κ3) is 5.03. The van der Waals surface area contributed by atoms with Gasteiger partial charge in [-0.15, -0.1) is 0 Å². The SMILES string of the molecule is COc1cnc(N2CCN(C(=O)[C@H]3CCCN3)CC2)nc1N[C@H](C)c1ccc(Cl)cc1Cl. The van der Waals surface area contributed by atoms with Crippen molar-refractivity contribution < 1.29 is 9.53 Å². The van der Waals surface area contributed by atoms with Gasteiger partial charge in [-0.3, -0.25) is 4.79 Å². The van der Waals surface area contributed by atoms with Gasteiger partial charge >= 0.3 is 0 Å². The molecule has 2 aliphatic heterocycles. The van der Waals surface area contributed by atoms with Crippen molar-refractivity contribution in [3.63, 3.8) is 0 Å². The first-order valence-corrected chi connectivity index (χ1v) is 11.6. The first-order valence-electron chi connectivity index (χ1n) is 10.9. The van der Waals surface area contributed by atoms with Crippen LogP contribution in [-0.4, -0.2) is 66.7 Å². The van der Waals surface area contributed by atoms with E-state index in [1.165, 1.54) is 0 Å². The molecule has 172 valence electrons. The van der Waals surface area contributed by atoms with Crippen LogP contribution >= 0.6 is 23.2 Å². The Hall–Kier alpha value is -2.29. The van der Waals surface area contributed by atoms with Crippen molar-refractivity contribution in [3.05, 3.63) is 40.0 Å². The fourth-order valence-electron chi connectivity index (χ4n) is 4.14. The fraction of sp³-hybridized carbons (Fsp3) is 0.500. The minimum Gasteiger partial charge on any atom is -0.491 e. The Morgan fingerprint density at radius 1 is 1.28 bits per heavy atom. The summed E-state index contributed by atoms with van der Waals surface area (Å²) in [5, 5.41) is 7.84. The third-order valence-corrected chi connectivity index (χ3v) is 6.54. The van der Waals surface area contributed by atoms with Crippen LogP contribution in [0.3, 0.4) is 0 Å². The van der Waals surface area contributed by atoms with Crippen molar-refractivity contribution in [1.82, 2.24) is 20.2 Å². The van der Waals surface area contributed by atoms with Crippen molar-refractivity contribution >= 4 is 40.9 Å². The van der Waals surface area contributed by atoms with Gasteiger partial charge in [0.2, 0.25) is 11.9 Å². The Morgan fingerprint density at radius 3 is 2.72 bits per heavy atom. The zero-order valence-corrected chi connectivity index (χ0v) is 19.8. The third-order valence-electron chi connectivity index (χ3n) is 5.98. The average Bonchev–Trinajstić information content (AvgIpc) is 3.33. The molecule has 10 heteroatoms. The summed E-state index contributed by atoms with van der Waals surface area (Å²) in [6.07, 6.45) is 3.65. The molecule has 0 spiro atoms. The monoisotopic (exact) mass is 478 g/mol. The zero-order chi connectivity index (χ0) is 22.7. The number of anilines is 2. The predicted molar refractivity (Wildman–Crippen MR) is 127 cm³/mol. The van der Waals surface area contributed by atoms with E-state index in [1.807, 2.05) is 24.0 Å². The molecule has 32 heavy (non-hydrogen) atoms. The summed E-state index contributed by atoms with van der Waals surface area (Å²) in [5.74, 6) is 1.94. The Balaban J connectivity index is 1.44. The number of rotatable bonds is 6. The highest BCUT2D eigenvalue weighted by atomic mass is 35.5. The number of hydrogen-bond acceptors (Lipinski definition) is 7. The molecule has 0 unspecified atom stereocenters. The minimum absolute atomic E-state index is 0.0317. The highest BCUT2D eigenvalue weighted by Crippen LogP contribution is 2.31. The molecular formula is C22H28Cl2N6O2. The molecule has 0 aliphatic carbocycles. The van der Waals surface area contributed by atoms with Gasteiger partial charge in [-0.05, 0) is 44.0 Å². The number of carbonyl (C=O) groups excluding carboxylic acids is 1. The number of ether oxygens (including phenoxy) is 1. The number of methoxy groups -OCH3 is 1. The lowest BCUT2D eigenvalue weighted by atomic mass is 10.1. The van der Waals surface area contributed by atoms with E-state index in [2.05, 4.69) is 20.5 Å². The highest BCUT2D eigenvalue weighted by molar-refractivity contribution is 6.35. The average molecular weight is 479 g/mol. The molecule has 1 aromatic heterocycles. The number of nitrogens with one attached hydrogen (secondary N) is 2. The maximum absolute atomic E-state index is 12.7. The van der Waals surface area contributed by atoms with Crippen LogP contribution in [0.2, 0.25) is 10.0 Å². The van der Waals surface area contributed by atoms with Gasteiger partial charge in [-0.2, -0.15) is 4.98 Å². The second kappa shape index (κ2) is 10.1. The van der Waals surface area contributed by atoms with Gasteiger partial charge in [0.25, 0.3) is 0 Å². The molecule has 2 aliphatic rings. The molecule has 1 amide bonds. The Kier molecular flexibility index (Phi) is 7.23. The van der Waals surface area contributed by atoms with Gasteiger partial charge in [0.05, 0.1) is 25.4 Å². The van der Waals surface area contributed by atoms with Crippen molar-refractivity contribution in [2.24, 2.45) is 0 Å². The number of hydrogen-bond donors (Lipinski definition) is 2. The summed E-state index contributed by atoms with van der Waals surface area (Å²) in [4.78, 5) is 25.9. The lowest BCUT2D eigenvalue weighted by molar-refractivity contribution is -0.133. The molecule has 0 radical (unpaired) electrons. The van der Waals surface area contributed by atoms with E-state index in [1.54, 1.807) is 19.4 Å². The van der Waals surface area contributed by atoms with Crippen molar-refractivity contribution in [3.8, 4) is 5.75 Å². The number of carbonyl (C=O) groups is 1. The number of halogens is 2. The van der Waals surface area contributed by atoms with Gasteiger partial charge in [-0.1, -0.05) is 29.3 Å². The Labute approximate surface area is 198 Å². The Morgan fingerprint density at radius 2 is 2.06 bits per heavy atom. The van der Waals surface area contributed by atoms with E-state index in [0.717, 1.165) is 24.9 Å². The molecule has 2 saturated heterocycles. The van der Waals surface area contributed by atoms with Gasteiger partial charge < -0.3 is 25.2 Å². The molecule has 2 aromatic rings. The smallest absolute Gasteiger partial charge is 0.239 e. The first-order chi connectivity index (χ1) is 15.5. The summed E-state index contributed by atoms with van der Waals surface area (Å²) in [6, 6.07) is 5.28. The van der Waals surface area contributed by atoms with E-state index >= 15 is 0 Å². The van der Waals surface area contributed by atoms with Crippen LogP contribution < -0.4 is 20.3 Å². The van der Waals surface area contributed by atoms with E-state index in [0.29, 0.717) is 53.7 Å². The molecule has 2 atom stereocenters. The highest BCUT2D eigenvalue weighted by Gasteiger charge is 2.30. The van der Waals surface area contributed by atoms with Gasteiger partial charge in [0, 0.05) is 36.2 Å². The molecule has 1 aromatic carbocycles. The summed E-state index contributed by atoms with van der Waals surface area (Å²) in [6.45, 7) is 5.60. The zero-order valence-electron chi connectivity index (χ0n) is 18.3. The van der Waals surface area contributed by atoms with Gasteiger partial charge in [0.15, 0.2) is 11.6 Å². The van der Waals surface area contributed by atoms with E-state index in [9.17, 15) is 4.79 Å². The van der Waals surface area contributed by atoms with Crippen LogP contribution in [0.1, 0.15) is 31.4 Å². The van der Waals surface area contributed by atoms with E-state index < -0.39 is 0 Å². The molecule has 0 saturated carbocycles. The minimum atomic E-state index is -0.121. The molecule has 0 bridgehead atoms. The molecule has 4 rings (SSSR count). The normalized spacial score (nSPS) is 19.7. The number of benzene rings is 1. The van der Waals surface area contributed by atoms with Crippen LogP contribution in [0.4, 0.5) is 11.8 Å². The lowest BCUT2D eigenvalue weighted by Crippen LogP contribution is -2.53. The Bertz CT molecular complexity index is 961. The van der Waals surface area contributed by atoms with Gasteiger partial charge in [0.1, 0.15) is 0 Å². The maximum atomic E-state index is 12.7. The first kappa shape index (κ1) is 22.9. The van der Waals surface area contributed by atoms with Crippen LogP contribution in [-0.2, 0) is 4.79 Å². The van der Waals surface area contributed by atoms with Crippen LogP contribution in [0.15, 0.2) is 24.4 Å². The van der Waals surface area contributed by atoms with E-state index in [-0.39, 0.29) is 18.0 Å². The second-order valence-electron chi connectivity index (χ2n) is 8.08. The van der Waals surface area contributed by atoms with Crippen LogP contribution in [0, 0.1) is 0 Å². The van der Waals surface area contributed by atoms with E-state index in [4.69, 9.17) is 32.9 Å². The van der Waals surface area contributed by atoms with Crippen molar-refractivity contribution in [1.29, 1.82) is 0 Å². The van der Waals surface area contributed by atoms with Crippen LogP contribution in [0.25, 0.3) is 0 Å². The van der Waals surface area contributed by atoms with Gasteiger partial charge in [-0.25, -0.2) is 4.98 Å². The quantitative estimate of drug-likeness (QED) is 0.658. The topological polar surface area (TPSA) is 82.6 Å². The molecule has 2 N–H and O–H groups in total. The van der Waals surface area contributed by atoms with Crippen molar-refractivity contribution in [2.75, 3.05) is 50.1 Å².